The number of aromatic nitrogens is 1. The van der Waals surface area contributed by atoms with Gasteiger partial charge >= 0.3 is 0 Å². The fraction of sp³-hybridized carbons (Fsp3) is 0.368. The minimum atomic E-state index is -0.126. The summed E-state index contributed by atoms with van der Waals surface area (Å²) in [4.78, 5) is 16.1. The van der Waals surface area contributed by atoms with Crippen molar-refractivity contribution < 1.29 is 9.53 Å². The Balaban J connectivity index is 1.80. The summed E-state index contributed by atoms with van der Waals surface area (Å²) < 4.78 is 5.63. The molecule has 0 spiro atoms. The predicted octanol–water partition coefficient (Wildman–Crippen LogP) is 3.62. The van der Waals surface area contributed by atoms with Gasteiger partial charge in [0, 0.05) is 12.2 Å². The molecule has 0 radical (unpaired) electrons. The van der Waals surface area contributed by atoms with Crippen molar-refractivity contribution in [3.05, 3.63) is 59.9 Å². The third-order valence-electron chi connectivity index (χ3n) is 3.44. The molecule has 2 aromatic rings. The summed E-state index contributed by atoms with van der Waals surface area (Å²) in [5, 5.41) is 2.98. The Morgan fingerprint density at radius 2 is 1.87 bits per heavy atom. The largest absolute Gasteiger partial charge is 0.491 e. The van der Waals surface area contributed by atoms with Crippen LogP contribution >= 0.6 is 0 Å². The van der Waals surface area contributed by atoms with Crippen LogP contribution in [0.2, 0.25) is 0 Å². The molecule has 0 aliphatic carbocycles. The second-order valence-electron chi connectivity index (χ2n) is 5.94. The molecule has 2 rings (SSSR count). The van der Waals surface area contributed by atoms with Crippen LogP contribution in [0.3, 0.4) is 0 Å². The predicted molar refractivity (Wildman–Crippen MR) is 91.7 cm³/mol. The van der Waals surface area contributed by atoms with E-state index in [1.54, 1.807) is 18.3 Å². The van der Waals surface area contributed by atoms with Crippen molar-refractivity contribution in [2.24, 2.45) is 0 Å². The van der Waals surface area contributed by atoms with Crippen LogP contribution in [0, 0.1) is 0 Å². The molecule has 1 heterocycles. The van der Waals surface area contributed by atoms with Crippen molar-refractivity contribution in [3.8, 4) is 5.75 Å². The van der Waals surface area contributed by atoms with Crippen molar-refractivity contribution in [1.82, 2.24) is 10.3 Å². The number of nitrogens with one attached hydrogen (secondary N) is 1. The first-order valence-electron chi connectivity index (χ1n) is 8.02. The number of rotatable bonds is 7. The fourth-order valence-electron chi connectivity index (χ4n) is 2.26. The van der Waals surface area contributed by atoms with E-state index < -0.39 is 0 Å². The standard InChI is InChI=1S/C19H24N2O2/c1-14(2)23-17-11-9-16(10-12-17)8-7-15(3)21-19(22)18-6-4-5-13-20-18/h4-6,9-15H,7-8H2,1-3H3,(H,21,22). The van der Waals surface area contributed by atoms with Gasteiger partial charge in [-0.15, -0.1) is 0 Å². The number of ether oxygens (including phenoxy) is 1. The number of carbonyl (C=O) groups is 1. The Kier molecular flexibility index (Phi) is 6.15. The van der Waals surface area contributed by atoms with Gasteiger partial charge in [-0.25, -0.2) is 0 Å². The maximum atomic E-state index is 12.0. The molecule has 4 heteroatoms. The first-order valence-corrected chi connectivity index (χ1v) is 8.02. The van der Waals surface area contributed by atoms with Crippen molar-refractivity contribution in [2.45, 2.75) is 45.8 Å². The van der Waals surface area contributed by atoms with E-state index in [1.165, 1.54) is 5.56 Å². The van der Waals surface area contributed by atoms with E-state index in [-0.39, 0.29) is 18.1 Å². The van der Waals surface area contributed by atoms with Gasteiger partial charge in [0.2, 0.25) is 0 Å². The maximum Gasteiger partial charge on any atom is 0.270 e. The molecule has 0 aliphatic heterocycles. The number of nitrogens with zero attached hydrogens (tertiary/aromatic N) is 1. The Labute approximate surface area is 137 Å². The minimum absolute atomic E-state index is 0.0936. The highest BCUT2D eigenvalue weighted by Crippen LogP contribution is 2.15. The Bertz CT molecular complexity index is 609. The molecule has 0 aliphatic rings. The molecule has 0 bridgehead atoms. The fourth-order valence-corrected chi connectivity index (χ4v) is 2.26. The monoisotopic (exact) mass is 312 g/mol. The Morgan fingerprint density at radius 1 is 1.13 bits per heavy atom. The number of pyridine rings is 1. The minimum Gasteiger partial charge on any atom is -0.491 e. The lowest BCUT2D eigenvalue weighted by molar-refractivity contribution is 0.0933. The van der Waals surface area contributed by atoms with Crippen LogP contribution in [-0.4, -0.2) is 23.0 Å². The summed E-state index contributed by atoms with van der Waals surface area (Å²) >= 11 is 0. The second-order valence-corrected chi connectivity index (χ2v) is 5.94. The lowest BCUT2D eigenvalue weighted by Gasteiger charge is -2.14. The van der Waals surface area contributed by atoms with E-state index in [2.05, 4.69) is 22.4 Å². The lowest BCUT2D eigenvalue weighted by atomic mass is 10.1. The Hall–Kier alpha value is -2.36. The van der Waals surface area contributed by atoms with Crippen LogP contribution in [0.5, 0.6) is 5.75 Å². The van der Waals surface area contributed by atoms with Gasteiger partial charge in [-0.2, -0.15) is 0 Å². The molecule has 23 heavy (non-hydrogen) atoms. The summed E-state index contributed by atoms with van der Waals surface area (Å²) in [5.74, 6) is 0.763. The highest BCUT2D eigenvalue weighted by atomic mass is 16.5. The van der Waals surface area contributed by atoms with Crippen LogP contribution in [0.15, 0.2) is 48.7 Å². The van der Waals surface area contributed by atoms with Gasteiger partial charge in [-0.3, -0.25) is 9.78 Å². The van der Waals surface area contributed by atoms with Crippen LogP contribution in [0.1, 0.15) is 43.2 Å². The summed E-state index contributed by atoms with van der Waals surface area (Å²) in [6.45, 7) is 6.04. The first kappa shape index (κ1) is 17.0. The molecule has 4 nitrogen and oxygen atoms in total. The highest BCUT2D eigenvalue weighted by molar-refractivity contribution is 5.92. The number of carbonyl (C=O) groups excluding carboxylic acids is 1. The van der Waals surface area contributed by atoms with Crippen LogP contribution in [0.25, 0.3) is 0 Å². The van der Waals surface area contributed by atoms with Gasteiger partial charge in [0.1, 0.15) is 11.4 Å². The van der Waals surface area contributed by atoms with Crippen LogP contribution in [0.4, 0.5) is 0 Å². The van der Waals surface area contributed by atoms with E-state index >= 15 is 0 Å². The molecule has 0 saturated carbocycles. The van der Waals surface area contributed by atoms with E-state index in [9.17, 15) is 4.79 Å². The van der Waals surface area contributed by atoms with Gasteiger partial charge in [0.15, 0.2) is 0 Å². The van der Waals surface area contributed by atoms with Gasteiger partial charge in [-0.1, -0.05) is 18.2 Å². The maximum absolute atomic E-state index is 12.0. The number of hydrogen-bond acceptors (Lipinski definition) is 3. The van der Waals surface area contributed by atoms with E-state index in [4.69, 9.17) is 4.74 Å². The van der Waals surface area contributed by atoms with Gasteiger partial charge in [0.25, 0.3) is 5.91 Å². The van der Waals surface area contributed by atoms with Crippen molar-refractivity contribution >= 4 is 5.91 Å². The van der Waals surface area contributed by atoms with E-state index in [1.807, 2.05) is 39.0 Å². The average molecular weight is 312 g/mol. The van der Waals surface area contributed by atoms with Gasteiger partial charge < -0.3 is 10.1 Å². The third-order valence-corrected chi connectivity index (χ3v) is 3.44. The third kappa shape index (κ3) is 5.74. The molecule has 1 atom stereocenters. The first-order chi connectivity index (χ1) is 11.0. The smallest absolute Gasteiger partial charge is 0.270 e. The molecule has 1 amide bonds. The van der Waals surface area contributed by atoms with Gasteiger partial charge in [0.05, 0.1) is 6.10 Å². The number of amides is 1. The molecule has 0 saturated heterocycles. The number of hydrogen-bond donors (Lipinski definition) is 1. The molecular formula is C19H24N2O2. The molecule has 1 unspecified atom stereocenters. The van der Waals surface area contributed by atoms with Crippen LogP contribution < -0.4 is 10.1 Å². The normalized spacial score (nSPS) is 12.0. The summed E-state index contributed by atoms with van der Waals surface area (Å²) in [6, 6.07) is 13.6. The molecule has 1 aromatic carbocycles. The Morgan fingerprint density at radius 3 is 2.48 bits per heavy atom. The molecular weight excluding hydrogens is 288 g/mol. The van der Waals surface area contributed by atoms with Gasteiger partial charge in [-0.05, 0) is 63.4 Å². The van der Waals surface area contributed by atoms with Crippen molar-refractivity contribution in [1.29, 1.82) is 0 Å². The summed E-state index contributed by atoms with van der Waals surface area (Å²) in [6.07, 6.45) is 3.59. The average Bonchev–Trinajstić information content (AvgIpc) is 2.54. The quantitative estimate of drug-likeness (QED) is 0.849. The summed E-state index contributed by atoms with van der Waals surface area (Å²) in [7, 11) is 0. The second kappa shape index (κ2) is 8.32. The van der Waals surface area contributed by atoms with Crippen LogP contribution in [-0.2, 0) is 6.42 Å². The molecule has 1 aromatic heterocycles. The summed E-state index contributed by atoms with van der Waals surface area (Å²) in [5.41, 5.74) is 1.69. The lowest BCUT2D eigenvalue weighted by Crippen LogP contribution is -2.33. The molecule has 0 fully saturated rings. The SMILES string of the molecule is CC(CCc1ccc(OC(C)C)cc1)NC(=O)c1ccccn1. The highest BCUT2D eigenvalue weighted by Gasteiger charge is 2.10. The topological polar surface area (TPSA) is 51.2 Å². The van der Waals surface area contributed by atoms with E-state index in [0.29, 0.717) is 5.69 Å². The zero-order chi connectivity index (χ0) is 16.7. The number of aryl methyl sites for hydroxylation is 1. The molecule has 1 N–H and O–H groups in total. The van der Waals surface area contributed by atoms with Crippen molar-refractivity contribution in [2.75, 3.05) is 0 Å². The zero-order valence-electron chi connectivity index (χ0n) is 14.0. The zero-order valence-corrected chi connectivity index (χ0v) is 14.0. The van der Waals surface area contributed by atoms with E-state index in [0.717, 1.165) is 18.6 Å². The van der Waals surface area contributed by atoms with Crippen molar-refractivity contribution in [3.63, 3.8) is 0 Å². The number of benzene rings is 1. The molecule has 122 valence electrons.